The van der Waals surface area contributed by atoms with Crippen LogP contribution in [0.15, 0.2) is 24.3 Å². The first-order chi connectivity index (χ1) is 10.2. The van der Waals surface area contributed by atoms with Crippen molar-refractivity contribution in [3.05, 3.63) is 24.3 Å². The topological polar surface area (TPSA) is 53.6 Å². The predicted octanol–water partition coefficient (Wildman–Crippen LogP) is 1.46. The Labute approximate surface area is 125 Å². The number of benzene rings is 1. The molecule has 1 amide bonds. The fourth-order valence-corrected chi connectivity index (χ4v) is 3.24. The second-order valence-corrected chi connectivity index (χ2v) is 5.94. The summed E-state index contributed by atoms with van der Waals surface area (Å²) in [5.41, 5.74) is 0.815. The molecule has 2 aliphatic heterocycles. The number of amides is 1. The van der Waals surface area contributed by atoms with E-state index in [1.54, 1.807) is 7.11 Å². The van der Waals surface area contributed by atoms with E-state index in [0.717, 1.165) is 30.9 Å². The third-order valence-electron chi connectivity index (χ3n) is 4.35. The highest BCUT2D eigenvalue weighted by Gasteiger charge is 2.29. The van der Waals surface area contributed by atoms with Crippen molar-refractivity contribution in [2.45, 2.75) is 31.3 Å². The van der Waals surface area contributed by atoms with Gasteiger partial charge in [-0.05, 0) is 43.5 Å². The van der Waals surface area contributed by atoms with Gasteiger partial charge in [0.25, 0.3) is 0 Å². The maximum absolute atomic E-state index is 12.1. The number of likely N-dealkylation sites (tertiary alicyclic amines) is 1. The van der Waals surface area contributed by atoms with Gasteiger partial charge in [-0.1, -0.05) is 0 Å². The minimum atomic E-state index is 0.0536. The molecule has 0 spiro atoms. The third-order valence-corrected chi connectivity index (χ3v) is 4.35. The molecule has 114 valence electrons. The van der Waals surface area contributed by atoms with Gasteiger partial charge in [-0.25, -0.2) is 0 Å². The fraction of sp³-hybridized carbons (Fsp3) is 0.562. The highest BCUT2D eigenvalue weighted by molar-refractivity contribution is 5.92. The quantitative estimate of drug-likeness (QED) is 0.881. The van der Waals surface area contributed by atoms with Gasteiger partial charge in [-0.2, -0.15) is 0 Å². The van der Waals surface area contributed by atoms with Crippen LogP contribution in [-0.4, -0.2) is 49.6 Å². The molecule has 2 N–H and O–H groups in total. The molecule has 2 heterocycles. The van der Waals surface area contributed by atoms with Gasteiger partial charge in [-0.15, -0.1) is 0 Å². The number of methoxy groups -OCH3 is 1. The van der Waals surface area contributed by atoms with E-state index in [0.29, 0.717) is 18.6 Å². The Morgan fingerprint density at radius 3 is 2.81 bits per heavy atom. The van der Waals surface area contributed by atoms with Gasteiger partial charge in [0.2, 0.25) is 5.91 Å². The number of hydrogen-bond donors (Lipinski definition) is 2. The molecule has 0 aliphatic carbocycles. The van der Waals surface area contributed by atoms with Crippen molar-refractivity contribution in [3.8, 4) is 5.75 Å². The Morgan fingerprint density at radius 2 is 2.05 bits per heavy atom. The molecule has 1 aromatic carbocycles. The van der Waals surface area contributed by atoms with Crippen molar-refractivity contribution in [1.82, 2.24) is 10.2 Å². The highest BCUT2D eigenvalue weighted by Crippen LogP contribution is 2.20. The summed E-state index contributed by atoms with van der Waals surface area (Å²) in [6, 6.07) is 8.65. The summed E-state index contributed by atoms with van der Waals surface area (Å²) in [5.74, 6) is 0.848. The van der Waals surface area contributed by atoms with E-state index in [9.17, 15) is 4.79 Å². The van der Waals surface area contributed by atoms with Crippen LogP contribution in [-0.2, 0) is 4.79 Å². The number of rotatable bonds is 4. The van der Waals surface area contributed by atoms with E-state index in [2.05, 4.69) is 15.5 Å². The SMILES string of the molecule is COc1ccc(NC(=O)CN2CCC3CCC(C2)N3)cc1. The van der Waals surface area contributed by atoms with Gasteiger partial charge in [0.15, 0.2) is 0 Å². The third kappa shape index (κ3) is 3.74. The van der Waals surface area contributed by atoms with E-state index >= 15 is 0 Å². The number of carbonyl (C=O) groups excluding carboxylic acids is 1. The number of ether oxygens (including phenoxy) is 1. The fourth-order valence-electron chi connectivity index (χ4n) is 3.24. The molecule has 2 aliphatic rings. The zero-order chi connectivity index (χ0) is 14.7. The molecule has 21 heavy (non-hydrogen) atoms. The normalized spacial score (nSPS) is 25.4. The van der Waals surface area contributed by atoms with E-state index in [4.69, 9.17) is 4.74 Å². The number of fused-ring (bicyclic) bond motifs is 2. The lowest BCUT2D eigenvalue weighted by molar-refractivity contribution is -0.117. The van der Waals surface area contributed by atoms with E-state index in [1.165, 1.54) is 12.8 Å². The Kier molecular flexibility index (Phi) is 4.41. The van der Waals surface area contributed by atoms with Crippen LogP contribution < -0.4 is 15.4 Å². The summed E-state index contributed by atoms with van der Waals surface area (Å²) in [6.45, 7) is 2.45. The molecule has 2 saturated heterocycles. The predicted molar refractivity (Wildman–Crippen MR) is 82.6 cm³/mol. The molecule has 3 rings (SSSR count). The van der Waals surface area contributed by atoms with Crippen molar-refractivity contribution in [1.29, 1.82) is 0 Å². The summed E-state index contributed by atoms with van der Waals surface area (Å²) in [5, 5.41) is 6.58. The van der Waals surface area contributed by atoms with Crippen molar-refractivity contribution in [2.75, 3.05) is 32.1 Å². The molecule has 0 saturated carbocycles. The van der Waals surface area contributed by atoms with E-state index in [1.807, 2.05) is 24.3 Å². The maximum Gasteiger partial charge on any atom is 0.238 e. The van der Waals surface area contributed by atoms with Crippen LogP contribution in [0.4, 0.5) is 5.69 Å². The summed E-state index contributed by atoms with van der Waals surface area (Å²) in [6.07, 6.45) is 3.67. The summed E-state index contributed by atoms with van der Waals surface area (Å²) in [7, 11) is 1.63. The lowest BCUT2D eigenvalue weighted by atomic mass is 10.1. The average Bonchev–Trinajstić information content (AvgIpc) is 2.82. The second-order valence-electron chi connectivity index (χ2n) is 5.94. The Balaban J connectivity index is 1.51. The molecule has 2 fully saturated rings. The molecule has 1 aromatic rings. The molecule has 2 atom stereocenters. The van der Waals surface area contributed by atoms with Gasteiger partial charge in [0.1, 0.15) is 5.75 Å². The lowest BCUT2D eigenvalue weighted by Crippen LogP contribution is -2.39. The molecule has 5 heteroatoms. The molecule has 0 aromatic heterocycles. The Hall–Kier alpha value is -1.59. The first-order valence-corrected chi connectivity index (χ1v) is 7.65. The smallest absolute Gasteiger partial charge is 0.238 e. The van der Waals surface area contributed by atoms with Crippen molar-refractivity contribution < 1.29 is 9.53 Å². The van der Waals surface area contributed by atoms with Crippen molar-refractivity contribution >= 4 is 11.6 Å². The van der Waals surface area contributed by atoms with Gasteiger partial charge in [-0.3, -0.25) is 9.69 Å². The molecule has 2 bridgehead atoms. The van der Waals surface area contributed by atoms with Crippen LogP contribution in [0.25, 0.3) is 0 Å². The van der Waals surface area contributed by atoms with Crippen LogP contribution >= 0.6 is 0 Å². The Morgan fingerprint density at radius 1 is 1.29 bits per heavy atom. The van der Waals surface area contributed by atoms with Crippen LogP contribution in [0.2, 0.25) is 0 Å². The molecule has 2 unspecified atom stereocenters. The van der Waals surface area contributed by atoms with Crippen molar-refractivity contribution in [2.24, 2.45) is 0 Å². The van der Waals surface area contributed by atoms with Gasteiger partial charge in [0.05, 0.1) is 13.7 Å². The zero-order valence-corrected chi connectivity index (χ0v) is 12.5. The van der Waals surface area contributed by atoms with Crippen LogP contribution in [0.5, 0.6) is 5.75 Å². The van der Waals surface area contributed by atoms with E-state index in [-0.39, 0.29) is 5.91 Å². The van der Waals surface area contributed by atoms with Gasteiger partial charge < -0.3 is 15.4 Å². The lowest BCUT2D eigenvalue weighted by Gasteiger charge is -2.23. The van der Waals surface area contributed by atoms with Crippen LogP contribution in [0.3, 0.4) is 0 Å². The molecule has 0 radical (unpaired) electrons. The van der Waals surface area contributed by atoms with Crippen molar-refractivity contribution in [3.63, 3.8) is 0 Å². The first kappa shape index (κ1) is 14.4. The standard InChI is InChI=1S/C16H23N3O2/c1-21-15-6-4-12(5-7-15)18-16(20)11-19-9-8-13-2-3-14(10-19)17-13/h4-7,13-14,17H,2-3,8-11H2,1H3,(H,18,20). The number of anilines is 1. The molecular weight excluding hydrogens is 266 g/mol. The Bertz CT molecular complexity index is 489. The maximum atomic E-state index is 12.1. The number of hydrogen-bond acceptors (Lipinski definition) is 4. The summed E-state index contributed by atoms with van der Waals surface area (Å²) < 4.78 is 5.11. The largest absolute Gasteiger partial charge is 0.497 e. The highest BCUT2D eigenvalue weighted by atomic mass is 16.5. The van der Waals surface area contributed by atoms with E-state index < -0.39 is 0 Å². The second kappa shape index (κ2) is 6.45. The van der Waals surface area contributed by atoms with Gasteiger partial charge >= 0.3 is 0 Å². The first-order valence-electron chi connectivity index (χ1n) is 7.65. The number of carbonyl (C=O) groups is 1. The molecular formula is C16H23N3O2. The summed E-state index contributed by atoms with van der Waals surface area (Å²) >= 11 is 0. The van der Waals surface area contributed by atoms with Crippen LogP contribution in [0.1, 0.15) is 19.3 Å². The summed E-state index contributed by atoms with van der Waals surface area (Å²) in [4.78, 5) is 14.4. The minimum Gasteiger partial charge on any atom is -0.497 e. The zero-order valence-electron chi connectivity index (χ0n) is 12.5. The molecule has 5 nitrogen and oxygen atoms in total. The average molecular weight is 289 g/mol. The van der Waals surface area contributed by atoms with Crippen LogP contribution in [0, 0.1) is 0 Å². The number of nitrogens with one attached hydrogen (secondary N) is 2. The van der Waals surface area contributed by atoms with Gasteiger partial charge in [0, 0.05) is 30.9 Å². The minimum absolute atomic E-state index is 0.0536. The number of nitrogens with zero attached hydrogens (tertiary/aromatic N) is 1. The monoisotopic (exact) mass is 289 g/mol.